The summed E-state index contributed by atoms with van der Waals surface area (Å²) in [7, 11) is 2.49. The number of rotatable bonds is 7. The molecule has 2 aromatic rings. The highest BCUT2D eigenvalue weighted by Crippen LogP contribution is 2.20. The normalized spacial score (nSPS) is 11.4. The zero-order valence-electron chi connectivity index (χ0n) is 15.8. The van der Waals surface area contributed by atoms with Gasteiger partial charge in [-0.2, -0.15) is 0 Å². The van der Waals surface area contributed by atoms with E-state index in [1.807, 2.05) is 30.4 Å². The van der Waals surface area contributed by atoms with Crippen LogP contribution in [0.2, 0.25) is 5.02 Å². The molecule has 0 aliphatic heterocycles. The lowest BCUT2D eigenvalue weighted by Crippen LogP contribution is -2.86. The average molecular weight is 406 g/mol. The number of benzene rings is 2. The lowest BCUT2D eigenvalue weighted by Gasteiger charge is -2.13. The number of hydrogen-bond acceptors (Lipinski definition) is 5. The van der Waals surface area contributed by atoms with Gasteiger partial charge in [-0.25, -0.2) is 9.59 Å². The number of nitrogens with two attached hydrogens (primary N) is 1. The zero-order valence-corrected chi connectivity index (χ0v) is 16.6. The van der Waals surface area contributed by atoms with Gasteiger partial charge in [0.1, 0.15) is 6.04 Å². The van der Waals surface area contributed by atoms with E-state index in [-0.39, 0.29) is 35.3 Å². The van der Waals surface area contributed by atoms with Crippen LogP contribution in [0.1, 0.15) is 39.2 Å². The quantitative estimate of drug-likeness (QED) is 0.688. The number of hydrogen-bond donors (Lipinski definition) is 2. The second-order valence-electron chi connectivity index (χ2n) is 6.08. The highest BCUT2D eigenvalue weighted by Gasteiger charge is 2.18. The van der Waals surface area contributed by atoms with Gasteiger partial charge >= 0.3 is 11.9 Å². The van der Waals surface area contributed by atoms with E-state index in [0.717, 1.165) is 5.56 Å². The van der Waals surface area contributed by atoms with Crippen LogP contribution < -0.4 is 10.6 Å². The molecule has 0 spiro atoms. The molecule has 1 atom stereocenters. The summed E-state index contributed by atoms with van der Waals surface area (Å²) in [4.78, 5) is 36.1. The number of esters is 2. The van der Waals surface area contributed by atoms with Gasteiger partial charge in [0.2, 0.25) is 0 Å². The SMILES string of the molecule is COC(=O)c1ccc(C(=O)OC)c(NC(=O)C[NH2+][C@H](C)c2cccc(Cl)c2)c1. The largest absolute Gasteiger partial charge is 0.465 e. The van der Waals surface area contributed by atoms with Gasteiger partial charge in [-0.15, -0.1) is 0 Å². The van der Waals surface area contributed by atoms with E-state index in [2.05, 4.69) is 10.1 Å². The van der Waals surface area contributed by atoms with Crippen molar-refractivity contribution in [2.24, 2.45) is 0 Å². The van der Waals surface area contributed by atoms with Crippen molar-refractivity contribution < 1.29 is 29.2 Å². The third-order valence-corrected chi connectivity index (χ3v) is 4.39. The van der Waals surface area contributed by atoms with Crippen LogP contribution in [-0.2, 0) is 14.3 Å². The molecule has 8 heteroatoms. The molecule has 2 rings (SSSR count). The Balaban J connectivity index is 2.10. The van der Waals surface area contributed by atoms with Crippen LogP contribution in [0.3, 0.4) is 0 Å². The summed E-state index contributed by atoms with van der Waals surface area (Å²) < 4.78 is 9.40. The Morgan fingerprint density at radius 1 is 1.07 bits per heavy atom. The number of halogens is 1. The summed E-state index contributed by atoms with van der Waals surface area (Å²) in [5.41, 5.74) is 1.53. The first kappa shape index (κ1) is 21.4. The predicted octanol–water partition coefficient (Wildman–Crippen LogP) is 2.18. The maximum Gasteiger partial charge on any atom is 0.339 e. The summed E-state index contributed by atoms with van der Waals surface area (Å²) in [6.07, 6.45) is 0. The molecular formula is C20H22ClN2O5+. The second-order valence-corrected chi connectivity index (χ2v) is 6.51. The molecule has 3 N–H and O–H groups in total. The first-order chi connectivity index (χ1) is 13.3. The Morgan fingerprint density at radius 3 is 2.43 bits per heavy atom. The van der Waals surface area contributed by atoms with Crippen LogP contribution in [0.15, 0.2) is 42.5 Å². The van der Waals surface area contributed by atoms with Crippen LogP contribution in [0, 0.1) is 0 Å². The van der Waals surface area contributed by atoms with E-state index in [1.165, 1.54) is 32.4 Å². The molecule has 0 radical (unpaired) electrons. The number of anilines is 1. The van der Waals surface area contributed by atoms with E-state index in [9.17, 15) is 14.4 Å². The Morgan fingerprint density at radius 2 is 1.79 bits per heavy atom. The molecule has 1 amide bonds. The molecule has 0 saturated heterocycles. The van der Waals surface area contributed by atoms with Crippen LogP contribution >= 0.6 is 11.6 Å². The monoisotopic (exact) mass is 405 g/mol. The lowest BCUT2D eigenvalue weighted by atomic mass is 10.1. The number of amides is 1. The highest BCUT2D eigenvalue weighted by atomic mass is 35.5. The molecule has 148 valence electrons. The first-order valence-corrected chi connectivity index (χ1v) is 8.92. The van der Waals surface area contributed by atoms with Crippen molar-refractivity contribution in [3.63, 3.8) is 0 Å². The standard InChI is InChI=1S/C20H21ClN2O5/c1-12(13-5-4-6-15(21)9-13)22-11-18(24)23-17-10-14(19(25)27-2)7-8-16(17)20(26)28-3/h4-10,12,22H,11H2,1-3H3,(H,23,24)/p+1/t12-/m1/s1. The van der Waals surface area contributed by atoms with Gasteiger partial charge in [0.25, 0.3) is 5.91 Å². The molecule has 0 aliphatic carbocycles. The fourth-order valence-corrected chi connectivity index (χ4v) is 2.79. The Bertz CT molecular complexity index is 885. The molecular weight excluding hydrogens is 384 g/mol. The van der Waals surface area contributed by atoms with Crippen LogP contribution in [0.4, 0.5) is 5.69 Å². The van der Waals surface area contributed by atoms with Crippen molar-refractivity contribution in [1.29, 1.82) is 0 Å². The summed E-state index contributed by atoms with van der Waals surface area (Å²) in [6, 6.07) is 11.6. The van der Waals surface area contributed by atoms with Gasteiger partial charge in [0.15, 0.2) is 6.54 Å². The van der Waals surface area contributed by atoms with E-state index in [4.69, 9.17) is 16.3 Å². The maximum absolute atomic E-state index is 12.4. The van der Waals surface area contributed by atoms with E-state index < -0.39 is 11.9 Å². The van der Waals surface area contributed by atoms with Crippen molar-refractivity contribution in [3.8, 4) is 0 Å². The molecule has 0 aliphatic rings. The molecule has 0 aromatic heterocycles. The number of carbonyl (C=O) groups excluding carboxylic acids is 3. The van der Waals surface area contributed by atoms with Crippen LogP contribution in [-0.4, -0.2) is 38.6 Å². The maximum atomic E-state index is 12.4. The van der Waals surface area contributed by atoms with Gasteiger partial charge in [-0.05, 0) is 37.3 Å². The van der Waals surface area contributed by atoms with Crippen molar-refractivity contribution in [1.82, 2.24) is 0 Å². The van der Waals surface area contributed by atoms with Crippen molar-refractivity contribution in [3.05, 3.63) is 64.2 Å². The van der Waals surface area contributed by atoms with Gasteiger partial charge < -0.3 is 20.1 Å². The summed E-state index contributed by atoms with van der Waals surface area (Å²) >= 11 is 6.00. The molecule has 0 unspecified atom stereocenters. The molecule has 7 nitrogen and oxygen atoms in total. The molecule has 0 saturated carbocycles. The van der Waals surface area contributed by atoms with Crippen LogP contribution in [0.25, 0.3) is 0 Å². The number of quaternary nitrogens is 1. The second kappa shape index (κ2) is 9.87. The molecule has 2 aromatic carbocycles. The average Bonchev–Trinajstić information content (AvgIpc) is 2.70. The third-order valence-electron chi connectivity index (χ3n) is 4.15. The zero-order chi connectivity index (χ0) is 20.7. The minimum Gasteiger partial charge on any atom is -0.465 e. The number of methoxy groups -OCH3 is 2. The fourth-order valence-electron chi connectivity index (χ4n) is 2.59. The summed E-state index contributed by atoms with van der Waals surface area (Å²) in [5.74, 6) is -1.53. The summed E-state index contributed by atoms with van der Waals surface area (Å²) in [6.45, 7) is 2.06. The third kappa shape index (κ3) is 5.55. The van der Waals surface area contributed by atoms with Gasteiger partial charge in [0, 0.05) is 10.6 Å². The lowest BCUT2D eigenvalue weighted by molar-refractivity contribution is -0.682. The predicted molar refractivity (Wildman–Crippen MR) is 104 cm³/mol. The Labute approximate surface area is 168 Å². The fraction of sp³-hybridized carbons (Fsp3) is 0.250. The topological polar surface area (TPSA) is 98.3 Å². The molecule has 0 heterocycles. The van der Waals surface area contributed by atoms with Gasteiger partial charge in [-0.3, -0.25) is 4.79 Å². The van der Waals surface area contributed by atoms with E-state index in [0.29, 0.717) is 5.02 Å². The highest BCUT2D eigenvalue weighted by molar-refractivity contribution is 6.30. The van der Waals surface area contributed by atoms with Crippen molar-refractivity contribution in [2.45, 2.75) is 13.0 Å². The smallest absolute Gasteiger partial charge is 0.339 e. The van der Waals surface area contributed by atoms with Crippen LogP contribution in [0.5, 0.6) is 0 Å². The molecule has 0 fully saturated rings. The summed E-state index contributed by atoms with van der Waals surface area (Å²) in [5, 5.41) is 5.12. The van der Waals surface area contributed by atoms with E-state index in [1.54, 1.807) is 6.07 Å². The van der Waals surface area contributed by atoms with Crippen molar-refractivity contribution >= 4 is 35.1 Å². The number of carbonyl (C=O) groups is 3. The van der Waals surface area contributed by atoms with Crippen molar-refractivity contribution in [2.75, 3.05) is 26.1 Å². The minimum absolute atomic E-state index is 0.00549. The Kier molecular flexibility index (Phi) is 7.54. The first-order valence-electron chi connectivity index (χ1n) is 8.55. The minimum atomic E-state index is -0.622. The number of ether oxygens (including phenoxy) is 2. The van der Waals surface area contributed by atoms with Gasteiger partial charge in [0.05, 0.1) is 31.0 Å². The Hall–Kier alpha value is -2.90. The number of nitrogens with one attached hydrogen (secondary N) is 1. The van der Waals surface area contributed by atoms with Gasteiger partial charge in [-0.1, -0.05) is 23.7 Å². The molecule has 28 heavy (non-hydrogen) atoms. The molecule has 0 bridgehead atoms. The van der Waals surface area contributed by atoms with E-state index >= 15 is 0 Å².